The minimum absolute atomic E-state index is 0.0528. The summed E-state index contributed by atoms with van der Waals surface area (Å²) in [5, 5.41) is 21.6. The topological polar surface area (TPSA) is 49.7 Å². The Hall–Kier alpha value is -0.640. The van der Waals surface area contributed by atoms with E-state index in [1.807, 2.05) is 0 Å². The van der Waals surface area contributed by atoms with Gasteiger partial charge in [-0.05, 0) is 51.4 Å². The summed E-state index contributed by atoms with van der Waals surface area (Å²) in [7, 11) is 0. The Morgan fingerprint density at radius 2 is 2.09 bits per heavy atom. The number of ether oxygens (including phenoxy) is 1. The van der Waals surface area contributed by atoms with Crippen LogP contribution in [0.2, 0.25) is 0 Å². The smallest absolute Gasteiger partial charge is 0.161 e. The summed E-state index contributed by atoms with van der Waals surface area (Å²) in [6, 6.07) is 0. The third-order valence-corrected chi connectivity index (χ3v) is 6.83. The summed E-state index contributed by atoms with van der Waals surface area (Å²) in [5.41, 5.74) is 2.14. The molecule has 0 radical (unpaired) electrons. The number of hydrogen-bond donors (Lipinski definition) is 2. The SMILES string of the molecule is C=C1C[C@H](O)[C@@H]2C3(CCC[C@@]2(C)CCC=C(C)C)[C@H](O)OC[C@@H]13. The molecule has 0 aromatic heterocycles. The number of aliphatic hydroxyl groups excluding tert-OH is 2. The first-order chi connectivity index (χ1) is 10.8. The van der Waals surface area contributed by atoms with Crippen LogP contribution in [0.25, 0.3) is 0 Å². The van der Waals surface area contributed by atoms with Crippen LogP contribution in [-0.4, -0.2) is 29.2 Å². The molecule has 1 spiro atoms. The summed E-state index contributed by atoms with van der Waals surface area (Å²) >= 11 is 0. The average Bonchev–Trinajstić information content (AvgIpc) is 2.76. The van der Waals surface area contributed by atoms with Crippen LogP contribution in [0.3, 0.4) is 0 Å². The van der Waals surface area contributed by atoms with E-state index >= 15 is 0 Å². The van der Waals surface area contributed by atoms with Gasteiger partial charge in [0.25, 0.3) is 0 Å². The number of hydrogen-bond acceptors (Lipinski definition) is 3. The molecule has 2 saturated carbocycles. The molecule has 1 saturated heterocycles. The fourth-order valence-electron chi connectivity index (χ4n) is 5.92. The Balaban J connectivity index is 1.95. The number of allylic oxidation sites excluding steroid dienone is 2. The molecule has 3 rings (SSSR count). The van der Waals surface area contributed by atoms with Gasteiger partial charge in [-0.2, -0.15) is 0 Å². The van der Waals surface area contributed by atoms with Crippen molar-refractivity contribution in [1.29, 1.82) is 0 Å². The summed E-state index contributed by atoms with van der Waals surface area (Å²) in [5.74, 6) is 0.302. The van der Waals surface area contributed by atoms with E-state index in [0.717, 1.165) is 37.7 Å². The lowest BCUT2D eigenvalue weighted by Crippen LogP contribution is -2.59. The molecule has 1 unspecified atom stereocenters. The molecule has 3 fully saturated rings. The van der Waals surface area contributed by atoms with Crippen molar-refractivity contribution < 1.29 is 14.9 Å². The third-order valence-electron chi connectivity index (χ3n) is 6.83. The minimum Gasteiger partial charge on any atom is -0.392 e. The fraction of sp³-hybridized carbons (Fsp3) is 0.800. The van der Waals surface area contributed by atoms with Crippen molar-refractivity contribution >= 4 is 0 Å². The van der Waals surface area contributed by atoms with E-state index in [-0.39, 0.29) is 22.7 Å². The zero-order chi connectivity index (χ0) is 16.8. The Kier molecular flexibility index (Phi) is 4.50. The maximum absolute atomic E-state index is 10.9. The molecule has 3 aliphatic rings. The van der Waals surface area contributed by atoms with E-state index in [2.05, 4.69) is 33.4 Å². The second-order valence-corrected chi connectivity index (χ2v) is 8.59. The van der Waals surface area contributed by atoms with E-state index < -0.39 is 12.4 Å². The Morgan fingerprint density at radius 1 is 1.35 bits per heavy atom. The molecule has 3 heteroatoms. The molecular formula is C20H32O3. The van der Waals surface area contributed by atoms with E-state index in [4.69, 9.17) is 4.74 Å². The normalized spacial score (nSPS) is 46.2. The first-order valence-electron chi connectivity index (χ1n) is 9.10. The van der Waals surface area contributed by atoms with Crippen LogP contribution in [-0.2, 0) is 4.74 Å². The van der Waals surface area contributed by atoms with Crippen molar-refractivity contribution in [1.82, 2.24) is 0 Å². The highest BCUT2D eigenvalue weighted by molar-refractivity contribution is 5.22. The Morgan fingerprint density at radius 3 is 2.78 bits per heavy atom. The standard InChI is InChI=1S/C20H32O3/c1-13(2)7-5-8-19(4)9-6-10-20-15(12-23-18(20)22)14(3)11-16(21)17(19)20/h7,15-18,21-22H,3,5-6,8-12H2,1-2,4H3/t15-,16-,17-,18+,19+,20?/m0/s1. The molecule has 2 aliphatic carbocycles. The summed E-state index contributed by atoms with van der Waals surface area (Å²) < 4.78 is 5.69. The highest BCUT2D eigenvalue weighted by atomic mass is 16.6. The van der Waals surface area contributed by atoms with E-state index in [1.54, 1.807) is 0 Å². The first kappa shape index (κ1) is 17.2. The Labute approximate surface area is 140 Å². The van der Waals surface area contributed by atoms with Gasteiger partial charge < -0.3 is 14.9 Å². The predicted octanol–water partition coefficient (Wildman–Crippen LogP) is 3.81. The van der Waals surface area contributed by atoms with Crippen LogP contribution >= 0.6 is 0 Å². The lowest BCUT2D eigenvalue weighted by molar-refractivity contribution is -0.208. The molecule has 6 atom stereocenters. The molecule has 0 aromatic rings. The second-order valence-electron chi connectivity index (χ2n) is 8.59. The predicted molar refractivity (Wildman–Crippen MR) is 91.8 cm³/mol. The first-order valence-corrected chi connectivity index (χ1v) is 9.10. The lowest BCUT2D eigenvalue weighted by atomic mass is 9.45. The van der Waals surface area contributed by atoms with Crippen LogP contribution in [0.4, 0.5) is 0 Å². The van der Waals surface area contributed by atoms with E-state index in [9.17, 15) is 10.2 Å². The van der Waals surface area contributed by atoms with Crippen LogP contribution < -0.4 is 0 Å². The van der Waals surface area contributed by atoms with Gasteiger partial charge in [0.2, 0.25) is 0 Å². The summed E-state index contributed by atoms with van der Waals surface area (Å²) in [6.45, 7) is 11.3. The maximum Gasteiger partial charge on any atom is 0.161 e. The van der Waals surface area contributed by atoms with Crippen molar-refractivity contribution in [2.24, 2.45) is 22.7 Å². The fourth-order valence-corrected chi connectivity index (χ4v) is 5.92. The van der Waals surface area contributed by atoms with Gasteiger partial charge in [-0.1, -0.05) is 37.1 Å². The minimum atomic E-state index is -0.757. The molecule has 3 nitrogen and oxygen atoms in total. The number of aliphatic hydroxyl groups is 2. The van der Waals surface area contributed by atoms with Gasteiger partial charge >= 0.3 is 0 Å². The molecule has 2 N–H and O–H groups in total. The lowest BCUT2D eigenvalue weighted by Gasteiger charge is -2.59. The summed E-state index contributed by atoms with van der Waals surface area (Å²) in [6.07, 6.45) is 7.05. The highest BCUT2D eigenvalue weighted by Crippen LogP contribution is 2.65. The monoisotopic (exact) mass is 320 g/mol. The zero-order valence-electron chi connectivity index (χ0n) is 14.8. The molecule has 0 aromatic carbocycles. The van der Waals surface area contributed by atoms with Crippen molar-refractivity contribution in [3.63, 3.8) is 0 Å². The van der Waals surface area contributed by atoms with Gasteiger partial charge in [0, 0.05) is 17.3 Å². The molecule has 1 heterocycles. The van der Waals surface area contributed by atoms with E-state index in [0.29, 0.717) is 13.0 Å². The van der Waals surface area contributed by atoms with Crippen molar-refractivity contribution in [3.8, 4) is 0 Å². The molecule has 1 aliphatic heterocycles. The van der Waals surface area contributed by atoms with Gasteiger partial charge in [0.05, 0.1) is 12.7 Å². The molecule has 0 bridgehead atoms. The second kappa shape index (κ2) is 6.02. The summed E-state index contributed by atoms with van der Waals surface area (Å²) in [4.78, 5) is 0. The molecule has 130 valence electrons. The molecule has 23 heavy (non-hydrogen) atoms. The van der Waals surface area contributed by atoms with Gasteiger partial charge in [-0.3, -0.25) is 0 Å². The van der Waals surface area contributed by atoms with Crippen LogP contribution in [0.15, 0.2) is 23.8 Å². The Bertz CT molecular complexity index is 507. The largest absolute Gasteiger partial charge is 0.392 e. The molecular weight excluding hydrogens is 288 g/mol. The highest BCUT2D eigenvalue weighted by Gasteiger charge is 2.65. The quantitative estimate of drug-likeness (QED) is 0.777. The maximum atomic E-state index is 10.9. The van der Waals surface area contributed by atoms with Gasteiger partial charge in [-0.15, -0.1) is 0 Å². The third kappa shape index (κ3) is 2.61. The van der Waals surface area contributed by atoms with Crippen LogP contribution in [0, 0.1) is 22.7 Å². The number of rotatable bonds is 3. The van der Waals surface area contributed by atoms with Gasteiger partial charge in [0.15, 0.2) is 6.29 Å². The van der Waals surface area contributed by atoms with Crippen molar-refractivity contribution in [2.45, 2.75) is 71.7 Å². The molecule has 0 amide bonds. The zero-order valence-corrected chi connectivity index (χ0v) is 14.8. The van der Waals surface area contributed by atoms with E-state index in [1.165, 1.54) is 5.57 Å². The van der Waals surface area contributed by atoms with Crippen molar-refractivity contribution in [3.05, 3.63) is 23.8 Å². The van der Waals surface area contributed by atoms with Gasteiger partial charge in [-0.25, -0.2) is 0 Å². The van der Waals surface area contributed by atoms with Crippen LogP contribution in [0.5, 0.6) is 0 Å². The average molecular weight is 320 g/mol. The van der Waals surface area contributed by atoms with Crippen LogP contribution in [0.1, 0.15) is 59.3 Å². The van der Waals surface area contributed by atoms with Crippen molar-refractivity contribution in [2.75, 3.05) is 6.61 Å². The van der Waals surface area contributed by atoms with Gasteiger partial charge in [0.1, 0.15) is 0 Å².